The van der Waals surface area contributed by atoms with Crippen LogP contribution in [0.25, 0.3) is 11.1 Å². The van der Waals surface area contributed by atoms with Gasteiger partial charge in [-0.25, -0.2) is 13.4 Å². The van der Waals surface area contributed by atoms with Crippen LogP contribution in [0.3, 0.4) is 0 Å². The lowest BCUT2D eigenvalue weighted by molar-refractivity contribution is 0.531. The van der Waals surface area contributed by atoms with Crippen molar-refractivity contribution in [1.29, 1.82) is 0 Å². The van der Waals surface area contributed by atoms with Crippen molar-refractivity contribution in [2.24, 2.45) is 5.92 Å². The minimum Gasteiger partial charge on any atom is -0.440 e. The average molecular weight is 282 g/mol. The molecule has 0 radical (unpaired) electrons. The van der Waals surface area contributed by atoms with Crippen molar-refractivity contribution >= 4 is 26.6 Å². The zero-order chi connectivity index (χ0) is 14.0. The summed E-state index contributed by atoms with van der Waals surface area (Å²) in [7, 11) is -3.19. The van der Waals surface area contributed by atoms with Gasteiger partial charge in [0, 0.05) is 5.69 Å². The molecule has 2 rings (SSSR count). The number of nitrogens with two attached hydrogens (primary N) is 1. The Labute approximate surface area is 112 Å². The molecule has 0 aliphatic rings. The zero-order valence-corrected chi connectivity index (χ0v) is 11.9. The summed E-state index contributed by atoms with van der Waals surface area (Å²) < 4.78 is 29.4. The number of nitrogen functional groups attached to an aromatic ring is 1. The van der Waals surface area contributed by atoms with Crippen molar-refractivity contribution in [3.63, 3.8) is 0 Å². The minimum atomic E-state index is -3.19. The van der Waals surface area contributed by atoms with E-state index in [2.05, 4.69) is 4.98 Å². The monoisotopic (exact) mass is 282 g/mol. The molecule has 5 nitrogen and oxygen atoms in total. The van der Waals surface area contributed by atoms with Crippen molar-refractivity contribution in [1.82, 2.24) is 4.98 Å². The number of fused-ring (bicyclic) bond motifs is 1. The van der Waals surface area contributed by atoms with Crippen molar-refractivity contribution in [3.05, 3.63) is 24.1 Å². The van der Waals surface area contributed by atoms with E-state index >= 15 is 0 Å². The number of sulfone groups is 1. The summed E-state index contributed by atoms with van der Waals surface area (Å²) in [5.41, 5.74) is 7.37. The zero-order valence-electron chi connectivity index (χ0n) is 11.1. The minimum absolute atomic E-state index is 0.144. The van der Waals surface area contributed by atoms with Crippen LogP contribution in [0.5, 0.6) is 0 Å². The van der Waals surface area contributed by atoms with Gasteiger partial charge in [0.05, 0.1) is 5.75 Å². The number of oxazole rings is 1. The second-order valence-electron chi connectivity index (χ2n) is 4.90. The number of nitrogens with zero attached hydrogens (tertiary/aromatic N) is 1. The van der Waals surface area contributed by atoms with E-state index in [1.54, 1.807) is 18.2 Å². The van der Waals surface area contributed by atoms with E-state index in [4.69, 9.17) is 10.2 Å². The third kappa shape index (κ3) is 3.47. The topological polar surface area (TPSA) is 86.2 Å². The lowest BCUT2D eigenvalue weighted by Gasteiger charge is -2.07. The number of anilines is 1. The third-order valence-electron chi connectivity index (χ3n) is 3.03. The molecule has 0 aliphatic heterocycles. The van der Waals surface area contributed by atoms with E-state index < -0.39 is 9.84 Å². The third-order valence-corrected chi connectivity index (χ3v) is 4.80. The van der Waals surface area contributed by atoms with Crippen LogP contribution in [0.4, 0.5) is 5.69 Å². The Morgan fingerprint density at radius 3 is 2.84 bits per heavy atom. The predicted molar refractivity (Wildman–Crippen MR) is 75.4 cm³/mol. The summed E-state index contributed by atoms with van der Waals surface area (Å²) in [6.45, 7) is 3.90. The summed E-state index contributed by atoms with van der Waals surface area (Å²) in [4.78, 5) is 4.17. The highest BCUT2D eigenvalue weighted by atomic mass is 32.2. The van der Waals surface area contributed by atoms with Crippen molar-refractivity contribution < 1.29 is 12.8 Å². The van der Waals surface area contributed by atoms with Gasteiger partial charge in [0.15, 0.2) is 15.4 Å². The predicted octanol–water partition coefficient (Wildman–Crippen LogP) is 2.37. The fourth-order valence-corrected chi connectivity index (χ4v) is 3.57. The first-order chi connectivity index (χ1) is 8.89. The van der Waals surface area contributed by atoms with Gasteiger partial charge in [0.25, 0.3) is 0 Å². The van der Waals surface area contributed by atoms with Gasteiger partial charge in [-0.1, -0.05) is 20.3 Å². The molecule has 2 N–H and O–H groups in total. The number of benzene rings is 1. The molecule has 0 amide bonds. The second-order valence-corrected chi connectivity index (χ2v) is 7.01. The van der Waals surface area contributed by atoms with Crippen LogP contribution >= 0.6 is 0 Å². The molecule has 0 spiro atoms. The summed E-state index contributed by atoms with van der Waals surface area (Å²) >= 11 is 0. The highest BCUT2D eigenvalue weighted by molar-refractivity contribution is 7.90. The highest BCUT2D eigenvalue weighted by Crippen LogP contribution is 2.20. The largest absolute Gasteiger partial charge is 0.440 e. The van der Waals surface area contributed by atoms with E-state index in [1.807, 2.05) is 13.8 Å². The first-order valence-corrected chi connectivity index (χ1v) is 8.07. The molecular weight excluding hydrogens is 264 g/mol. The maximum atomic E-state index is 12.0. The summed E-state index contributed by atoms with van der Waals surface area (Å²) in [5.74, 6) is 0.366. The van der Waals surface area contributed by atoms with Crippen LogP contribution in [-0.2, 0) is 15.6 Å². The van der Waals surface area contributed by atoms with Crippen molar-refractivity contribution in [2.45, 2.75) is 26.0 Å². The molecule has 0 bridgehead atoms. The van der Waals surface area contributed by atoms with E-state index in [0.29, 0.717) is 16.8 Å². The molecule has 2 aromatic rings. The number of rotatable bonds is 5. The molecule has 0 saturated heterocycles. The molecule has 1 atom stereocenters. The van der Waals surface area contributed by atoms with E-state index in [0.717, 1.165) is 6.42 Å². The highest BCUT2D eigenvalue weighted by Gasteiger charge is 2.19. The van der Waals surface area contributed by atoms with Crippen LogP contribution in [0.15, 0.2) is 22.6 Å². The van der Waals surface area contributed by atoms with E-state index in [1.165, 1.54) is 0 Å². The molecule has 1 aromatic heterocycles. The van der Waals surface area contributed by atoms with Gasteiger partial charge in [0.1, 0.15) is 11.3 Å². The molecule has 1 unspecified atom stereocenters. The van der Waals surface area contributed by atoms with Gasteiger partial charge in [-0.3, -0.25) is 0 Å². The van der Waals surface area contributed by atoms with Crippen LogP contribution in [0, 0.1) is 5.92 Å². The normalized spacial score (nSPS) is 13.8. The molecule has 0 saturated carbocycles. The summed E-state index contributed by atoms with van der Waals surface area (Å²) in [6, 6.07) is 5.07. The molecule has 104 valence electrons. The van der Waals surface area contributed by atoms with Crippen LogP contribution in [0.1, 0.15) is 26.2 Å². The number of hydrogen-bond donors (Lipinski definition) is 1. The van der Waals surface area contributed by atoms with Gasteiger partial charge in [0.2, 0.25) is 5.89 Å². The summed E-state index contributed by atoms with van der Waals surface area (Å²) in [6.07, 6.45) is 0.837. The molecule has 0 fully saturated rings. The fourth-order valence-electron chi connectivity index (χ4n) is 1.85. The lowest BCUT2D eigenvalue weighted by atomic mass is 10.2. The second kappa shape index (κ2) is 5.21. The Morgan fingerprint density at radius 1 is 1.42 bits per heavy atom. The van der Waals surface area contributed by atoms with Gasteiger partial charge >= 0.3 is 0 Å². The number of hydrogen-bond acceptors (Lipinski definition) is 5. The first-order valence-electron chi connectivity index (χ1n) is 6.25. The van der Waals surface area contributed by atoms with Crippen molar-refractivity contribution in [3.8, 4) is 0 Å². The Balaban J connectivity index is 2.21. The molecule has 6 heteroatoms. The standard InChI is InChI=1S/C13H18N2O3S/c1-3-9(2)7-19(16,17)8-13-15-11-6-10(14)4-5-12(11)18-13/h4-6,9H,3,7-8,14H2,1-2H3. The molecule has 1 heterocycles. The lowest BCUT2D eigenvalue weighted by Crippen LogP contribution is -2.15. The fraction of sp³-hybridized carbons (Fsp3) is 0.462. The van der Waals surface area contributed by atoms with E-state index in [-0.39, 0.29) is 23.3 Å². The van der Waals surface area contributed by atoms with Crippen LogP contribution < -0.4 is 5.73 Å². The maximum absolute atomic E-state index is 12.0. The Hall–Kier alpha value is -1.56. The molecule has 1 aromatic carbocycles. The Bertz CT molecular complexity index is 676. The SMILES string of the molecule is CCC(C)CS(=O)(=O)Cc1nc2cc(N)ccc2o1. The molecule has 0 aliphatic carbocycles. The Kier molecular flexibility index (Phi) is 3.80. The first kappa shape index (κ1) is 13.9. The van der Waals surface area contributed by atoms with Crippen LogP contribution in [-0.4, -0.2) is 19.2 Å². The Morgan fingerprint density at radius 2 is 2.16 bits per heavy atom. The van der Waals surface area contributed by atoms with E-state index in [9.17, 15) is 8.42 Å². The average Bonchev–Trinajstić information content (AvgIpc) is 2.68. The van der Waals surface area contributed by atoms with Gasteiger partial charge in [-0.15, -0.1) is 0 Å². The van der Waals surface area contributed by atoms with Gasteiger partial charge < -0.3 is 10.2 Å². The quantitative estimate of drug-likeness (QED) is 0.851. The number of aromatic nitrogens is 1. The smallest absolute Gasteiger partial charge is 0.210 e. The van der Waals surface area contributed by atoms with Gasteiger partial charge in [-0.05, 0) is 24.1 Å². The van der Waals surface area contributed by atoms with Gasteiger partial charge in [-0.2, -0.15) is 0 Å². The summed E-state index contributed by atoms with van der Waals surface area (Å²) in [5, 5.41) is 0. The van der Waals surface area contributed by atoms with Crippen molar-refractivity contribution in [2.75, 3.05) is 11.5 Å². The van der Waals surface area contributed by atoms with Crippen LogP contribution in [0.2, 0.25) is 0 Å². The molecule has 19 heavy (non-hydrogen) atoms. The molecular formula is C13H18N2O3S. The maximum Gasteiger partial charge on any atom is 0.210 e.